The molecule has 5 nitrogen and oxygen atoms in total. The fourth-order valence-electron chi connectivity index (χ4n) is 2.82. The van der Waals surface area contributed by atoms with Crippen LogP contribution < -0.4 is 0 Å². The highest BCUT2D eigenvalue weighted by Crippen LogP contribution is 2.33. The van der Waals surface area contributed by atoms with Crippen LogP contribution in [0.15, 0.2) is 22.8 Å². The highest BCUT2D eigenvalue weighted by Gasteiger charge is 2.41. The first-order chi connectivity index (χ1) is 9.57. The minimum atomic E-state index is -3.36. The molecule has 20 heavy (non-hydrogen) atoms. The zero-order valence-corrected chi connectivity index (χ0v) is 12.7. The van der Waals surface area contributed by atoms with E-state index >= 15 is 0 Å². The van der Waals surface area contributed by atoms with Crippen molar-refractivity contribution in [2.24, 2.45) is 5.92 Å². The molecule has 6 heteroatoms. The summed E-state index contributed by atoms with van der Waals surface area (Å²) in [7, 11) is -3.36. The van der Waals surface area contributed by atoms with Gasteiger partial charge in [-0.25, -0.2) is 0 Å². The lowest BCUT2D eigenvalue weighted by Gasteiger charge is -2.34. The molecule has 112 valence electrons. The van der Waals surface area contributed by atoms with Crippen LogP contribution in [-0.2, 0) is 16.8 Å². The predicted octanol–water partition coefficient (Wildman–Crippen LogP) is 2.22. The van der Waals surface area contributed by atoms with Gasteiger partial charge in [0, 0.05) is 19.1 Å². The summed E-state index contributed by atoms with van der Waals surface area (Å²) in [5, 5.41) is 0. The van der Waals surface area contributed by atoms with Crippen molar-refractivity contribution in [1.82, 2.24) is 8.61 Å². The second kappa shape index (κ2) is 5.50. The third kappa shape index (κ3) is 2.92. The van der Waals surface area contributed by atoms with Gasteiger partial charge in [-0.3, -0.25) is 0 Å². The fraction of sp³-hybridized carbons (Fsp3) is 0.714. The van der Waals surface area contributed by atoms with Gasteiger partial charge in [-0.2, -0.15) is 17.0 Å². The summed E-state index contributed by atoms with van der Waals surface area (Å²) in [5.41, 5.74) is 0. The van der Waals surface area contributed by atoms with Crippen LogP contribution in [0.4, 0.5) is 0 Å². The molecule has 0 aromatic carbocycles. The SMILES string of the molecule is C[C@@H]1CCCN(S(=O)(=O)N(Cc2ccco2)C2CC2)C1. The molecule has 0 bridgehead atoms. The number of hydrogen-bond donors (Lipinski definition) is 0. The van der Waals surface area contributed by atoms with Crippen molar-refractivity contribution in [1.29, 1.82) is 0 Å². The molecule has 2 heterocycles. The van der Waals surface area contributed by atoms with Crippen LogP contribution in [0.1, 0.15) is 38.4 Å². The van der Waals surface area contributed by atoms with Gasteiger partial charge in [0.2, 0.25) is 0 Å². The summed E-state index contributed by atoms with van der Waals surface area (Å²) < 4.78 is 34.3. The smallest absolute Gasteiger partial charge is 0.282 e. The Morgan fingerprint density at radius 1 is 1.40 bits per heavy atom. The van der Waals surface area contributed by atoms with E-state index in [1.807, 2.05) is 6.07 Å². The maximum Gasteiger partial charge on any atom is 0.282 e. The fourth-order valence-corrected chi connectivity index (χ4v) is 4.80. The molecule has 1 atom stereocenters. The second-order valence-corrected chi connectivity index (χ2v) is 7.85. The maximum absolute atomic E-state index is 12.8. The largest absolute Gasteiger partial charge is 0.468 e. The molecule has 2 aliphatic rings. The average molecular weight is 298 g/mol. The van der Waals surface area contributed by atoms with E-state index in [-0.39, 0.29) is 6.04 Å². The molecule has 1 aliphatic carbocycles. The van der Waals surface area contributed by atoms with Gasteiger partial charge in [0.25, 0.3) is 10.2 Å². The summed E-state index contributed by atoms with van der Waals surface area (Å²) in [6.07, 6.45) is 5.59. The van der Waals surface area contributed by atoms with Gasteiger partial charge in [-0.05, 0) is 43.7 Å². The van der Waals surface area contributed by atoms with Gasteiger partial charge in [-0.1, -0.05) is 6.92 Å². The van der Waals surface area contributed by atoms with E-state index in [9.17, 15) is 8.42 Å². The van der Waals surface area contributed by atoms with Crippen molar-refractivity contribution in [3.63, 3.8) is 0 Å². The number of piperidine rings is 1. The molecular formula is C14H22N2O3S. The summed E-state index contributed by atoms with van der Waals surface area (Å²) in [5.74, 6) is 1.16. The highest BCUT2D eigenvalue weighted by molar-refractivity contribution is 7.86. The predicted molar refractivity (Wildman–Crippen MR) is 76.2 cm³/mol. The molecule has 2 fully saturated rings. The van der Waals surface area contributed by atoms with Crippen molar-refractivity contribution in [3.05, 3.63) is 24.2 Å². The van der Waals surface area contributed by atoms with E-state index in [1.54, 1.807) is 20.9 Å². The molecular weight excluding hydrogens is 276 g/mol. The van der Waals surface area contributed by atoms with Gasteiger partial charge in [-0.15, -0.1) is 0 Å². The molecule has 1 aromatic heterocycles. The van der Waals surface area contributed by atoms with E-state index in [0.717, 1.165) is 25.7 Å². The van der Waals surface area contributed by atoms with E-state index in [2.05, 4.69) is 6.92 Å². The Kier molecular flexibility index (Phi) is 3.88. The Labute approximate surface area is 120 Å². The van der Waals surface area contributed by atoms with Crippen LogP contribution in [-0.4, -0.2) is 36.2 Å². The monoisotopic (exact) mass is 298 g/mol. The molecule has 1 saturated carbocycles. The van der Waals surface area contributed by atoms with Crippen LogP contribution in [0, 0.1) is 5.92 Å². The topological polar surface area (TPSA) is 53.8 Å². The Morgan fingerprint density at radius 2 is 2.20 bits per heavy atom. The molecule has 3 rings (SSSR count). The highest BCUT2D eigenvalue weighted by atomic mass is 32.2. The normalized spacial score (nSPS) is 25.2. The van der Waals surface area contributed by atoms with Crippen LogP contribution in [0.2, 0.25) is 0 Å². The molecule has 0 N–H and O–H groups in total. The van der Waals surface area contributed by atoms with Gasteiger partial charge in [0.1, 0.15) is 5.76 Å². The zero-order valence-electron chi connectivity index (χ0n) is 11.9. The Balaban J connectivity index is 1.78. The summed E-state index contributed by atoms with van der Waals surface area (Å²) >= 11 is 0. The first kappa shape index (κ1) is 14.1. The summed E-state index contributed by atoms with van der Waals surface area (Å²) in [4.78, 5) is 0. The number of nitrogens with zero attached hydrogens (tertiary/aromatic N) is 2. The first-order valence-electron chi connectivity index (χ1n) is 7.36. The Hall–Kier alpha value is -0.850. The summed E-state index contributed by atoms with van der Waals surface area (Å²) in [6.45, 7) is 3.76. The minimum absolute atomic E-state index is 0.155. The van der Waals surface area contributed by atoms with Crippen molar-refractivity contribution in [2.45, 2.75) is 45.2 Å². The van der Waals surface area contributed by atoms with E-state index in [1.165, 1.54) is 0 Å². The van der Waals surface area contributed by atoms with Crippen LogP contribution in [0.5, 0.6) is 0 Å². The van der Waals surface area contributed by atoms with Gasteiger partial charge in [0.15, 0.2) is 0 Å². The molecule has 0 amide bonds. The lowest BCUT2D eigenvalue weighted by atomic mass is 10.0. The zero-order chi connectivity index (χ0) is 14.2. The third-order valence-electron chi connectivity index (χ3n) is 4.09. The van der Waals surface area contributed by atoms with Gasteiger partial charge < -0.3 is 4.42 Å². The van der Waals surface area contributed by atoms with E-state index < -0.39 is 10.2 Å². The molecule has 1 aromatic rings. The number of furan rings is 1. The van der Waals surface area contributed by atoms with Crippen LogP contribution in [0.3, 0.4) is 0 Å². The van der Waals surface area contributed by atoms with E-state index in [4.69, 9.17) is 4.42 Å². The number of hydrogen-bond acceptors (Lipinski definition) is 3. The Bertz CT molecular complexity index is 537. The summed E-state index contributed by atoms with van der Waals surface area (Å²) in [6, 6.07) is 3.79. The molecule has 0 radical (unpaired) electrons. The lowest BCUT2D eigenvalue weighted by Crippen LogP contribution is -2.48. The van der Waals surface area contributed by atoms with Gasteiger partial charge >= 0.3 is 0 Å². The maximum atomic E-state index is 12.8. The van der Waals surface area contributed by atoms with Crippen molar-refractivity contribution in [2.75, 3.05) is 13.1 Å². The average Bonchev–Trinajstić information content (AvgIpc) is 3.12. The molecule has 1 aliphatic heterocycles. The quantitative estimate of drug-likeness (QED) is 0.837. The minimum Gasteiger partial charge on any atom is -0.468 e. The molecule has 0 unspecified atom stereocenters. The molecule has 1 saturated heterocycles. The van der Waals surface area contributed by atoms with Crippen molar-refractivity contribution >= 4 is 10.2 Å². The number of rotatable bonds is 5. The van der Waals surface area contributed by atoms with Crippen molar-refractivity contribution in [3.8, 4) is 0 Å². The standard InChI is InChI=1S/C14H22N2O3S/c1-12-4-2-8-15(10-12)20(17,18)16(13-6-7-13)11-14-5-3-9-19-14/h3,5,9,12-13H,2,4,6-8,10-11H2,1H3/t12-/m1/s1. The van der Waals surface area contributed by atoms with Crippen molar-refractivity contribution < 1.29 is 12.8 Å². The van der Waals surface area contributed by atoms with E-state index in [0.29, 0.717) is 31.3 Å². The Morgan fingerprint density at radius 3 is 2.80 bits per heavy atom. The molecule has 0 spiro atoms. The van der Waals surface area contributed by atoms with Gasteiger partial charge in [0.05, 0.1) is 12.8 Å². The van der Waals surface area contributed by atoms with Crippen LogP contribution in [0.25, 0.3) is 0 Å². The first-order valence-corrected chi connectivity index (χ1v) is 8.76. The second-order valence-electron chi connectivity index (χ2n) is 5.97. The third-order valence-corrected chi connectivity index (χ3v) is 6.09. The lowest BCUT2D eigenvalue weighted by molar-refractivity contribution is 0.249. The van der Waals surface area contributed by atoms with Crippen LogP contribution >= 0.6 is 0 Å².